The molecule has 0 bridgehead atoms. The van der Waals surface area contributed by atoms with E-state index >= 15 is 0 Å². The highest BCUT2D eigenvalue weighted by molar-refractivity contribution is 4.85. The van der Waals surface area contributed by atoms with Crippen molar-refractivity contribution in [3.8, 4) is 0 Å². The Labute approximate surface area is 242 Å². The van der Waals surface area contributed by atoms with E-state index < -0.39 is 0 Å². The summed E-state index contributed by atoms with van der Waals surface area (Å²) in [5.41, 5.74) is 1.53. The molecule has 0 spiro atoms. The molecule has 1 saturated carbocycles. The lowest BCUT2D eigenvalue weighted by atomic mass is 9.67. The molecule has 38 heavy (non-hydrogen) atoms. The molecule has 3 aliphatic rings. The Morgan fingerprint density at radius 3 is 1.29 bits per heavy atom. The zero-order chi connectivity index (χ0) is 29.5. The van der Waals surface area contributed by atoms with E-state index in [1.165, 1.54) is 71.1 Å². The maximum absolute atomic E-state index is 2.62. The minimum Gasteiger partial charge on any atom is -0.301 e. The summed E-state index contributed by atoms with van der Waals surface area (Å²) in [5.74, 6) is 4.65. The van der Waals surface area contributed by atoms with Gasteiger partial charge in [-0.25, -0.2) is 0 Å². The van der Waals surface area contributed by atoms with Crippen LogP contribution in [-0.2, 0) is 0 Å². The van der Waals surface area contributed by atoms with Crippen LogP contribution in [-0.4, -0.2) is 48.1 Å². The summed E-state index contributed by atoms with van der Waals surface area (Å²) < 4.78 is 0. The van der Waals surface area contributed by atoms with Crippen LogP contribution in [0, 0.1) is 45.8 Å². The van der Waals surface area contributed by atoms with Crippen molar-refractivity contribution in [3.63, 3.8) is 0 Å². The Morgan fingerprint density at radius 2 is 0.921 bits per heavy atom. The van der Waals surface area contributed by atoms with Crippen LogP contribution in [0.2, 0.25) is 0 Å². The van der Waals surface area contributed by atoms with Crippen LogP contribution in [0.3, 0.4) is 0 Å². The summed E-state index contributed by atoms with van der Waals surface area (Å²) >= 11 is 0. The monoisotopic (exact) mass is 535 g/mol. The maximum Gasteiger partial charge on any atom is 0.00387 e. The molecule has 2 saturated heterocycles. The van der Waals surface area contributed by atoms with Crippen molar-refractivity contribution in [1.82, 2.24) is 9.80 Å². The highest BCUT2D eigenvalue weighted by Gasteiger charge is 2.33. The molecular formula is C36H74N2. The highest BCUT2D eigenvalue weighted by Crippen LogP contribution is 2.42. The van der Waals surface area contributed by atoms with E-state index in [4.69, 9.17) is 0 Å². The summed E-state index contributed by atoms with van der Waals surface area (Å²) in [6.07, 6.45) is 10.1. The molecule has 0 aromatic heterocycles. The molecule has 1 aliphatic carbocycles. The second-order valence-electron chi connectivity index (χ2n) is 17.5. The second-order valence-corrected chi connectivity index (χ2v) is 17.5. The molecular weight excluding hydrogens is 460 g/mol. The van der Waals surface area contributed by atoms with Crippen molar-refractivity contribution >= 4 is 0 Å². The van der Waals surface area contributed by atoms with E-state index in [0.717, 1.165) is 41.7 Å². The summed E-state index contributed by atoms with van der Waals surface area (Å²) in [6.45, 7) is 40.6. The lowest BCUT2D eigenvalue weighted by Crippen LogP contribution is -2.43. The molecule has 3 rings (SSSR count). The molecule has 2 aliphatic heterocycles. The minimum absolute atomic E-state index is 0.494. The zero-order valence-corrected chi connectivity index (χ0v) is 29.2. The first-order valence-electron chi connectivity index (χ1n) is 16.7. The van der Waals surface area contributed by atoms with E-state index in [1.807, 2.05) is 0 Å². The second kappa shape index (κ2) is 15.2. The van der Waals surface area contributed by atoms with Crippen LogP contribution in [0.25, 0.3) is 0 Å². The number of nitrogens with zero attached hydrogens (tertiary/aromatic N) is 2. The molecule has 0 amide bonds. The van der Waals surface area contributed by atoms with Gasteiger partial charge < -0.3 is 9.80 Å². The van der Waals surface area contributed by atoms with Crippen LogP contribution in [0.5, 0.6) is 0 Å². The van der Waals surface area contributed by atoms with E-state index in [9.17, 15) is 0 Å². The number of rotatable bonds is 3. The van der Waals surface area contributed by atoms with Crippen LogP contribution >= 0.6 is 0 Å². The topological polar surface area (TPSA) is 6.48 Å². The van der Waals surface area contributed by atoms with Crippen LogP contribution < -0.4 is 0 Å². The van der Waals surface area contributed by atoms with Crippen molar-refractivity contribution in [2.45, 2.75) is 161 Å². The van der Waals surface area contributed by atoms with Crippen molar-refractivity contribution in [2.75, 3.05) is 26.2 Å². The third kappa shape index (κ3) is 12.6. The standard InChI is InChI=1S/C13H26.C12H25N.C11H23N/c1-10(2)11-7-6-8-12(9-11)13(3,4)5;1-10(2)13-8-6-7-11(9-13)12(3,4)5;1-9(2)12-7-6-10(8-12)11(3,4)5/h10-12H,6-9H2,1-5H3;10-11H,6-9H2,1-5H3;9-10H,6-8H2,1-5H3. The fourth-order valence-electron chi connectivity index (χ4n) is 6.77. The molecule has 2 nitrogen and oxygen atoms in total. The third-order valence-electron chi connectivity index (χ3n) is 10.5. The first-order chi connectivity index (χ1) is 17.2. The van der Waals surface area contributed by atoms with Crippen LogP contribution in [0.15, 0.2) is 0 Å². The smallest absolute Gasteiger partial charge is 0.00387 e. The molecule has 0 N–H and O–H groups in total. The van der Waals surface area contributed by atoms with Gasteiger partial charge in [0.25, 0.3) is 0 Å². The van der Waals surface area contributed by atoms with Crippen molar-refractivity contribution in [3.05, 3.63) is 0 Å². The van der Waals surface area contributed by atoms with Gasteiger partial charge in [0.1, 0.15) is 0 Å². The number of likely N-dealkylation sites (tertiary alicyclic amines) is 2. The Hall–Kier alpha value is -0.0800. The van der Waals surface area contributed by atoms with Gasteiger partial charge in [0.05, 0.1) is 0 Å². The van der Waals surface area contributed by atoms with Crippen LogP contribution in [0.1, 0.15) is 149 Å². The lowest BCUT2D eigenvalue weighted by Gasteiger charge is -2.41. The Kier molecular flexibility index (Phi) is 14.4. The van der Waals surface area contributed by atoms with Gasteiger partial charge in [-0.3, -0.25) is 0 Å². The van der Waals surface area contributed by atoms with Gasteiger partial charge in [-0.05, 0) is 119 Å². The van der Waals surface area contributed by atoms with E-state index in [1.54, 1.807) is 0 Å². The Morgan fingerprint density at radius 1 is 0.500 bits per heavy atom. The van der Waals surface area contributed by atoms with Crippen molar-refractivity contribution in [1.29, 1.82) is 0 Å². The fourth-order valence-corrected chi connectivity index (χ4v) is 6.77. The van der Waals surface area contributed by atoms with E-state index in [2.05, 4.69) is 114 Å². The lowest BCUT2D eigenvalue weighted by molar-refractivity contribution is 0.0787. The van der Waals surface area contributed by atoms with E-state index in [-0.39, 0.29) is 0 Å². The fraction of sp³-hybridized carbons (Fsp3) is 1.00. The summed E-state index contributed by atoms with van der Waals surface area (Å²) in [7, 11) is 0. The quantitative estimate of drug-likeness (QED) is 0.355. The highest BCUT2D eigenvalue weighted by atomic mass is 15.2. The predicted molar refractivity (Wildman–Crippen MR) is 173 cm³/mol. The van der Waals surface area contributed by atoms with Gasteiger partial charge in [-0.1, -0.05) is 89.0 Å². The van der Waals surface area contributed by atoms with Gasteiger partial charge in [0.2, 0.25) is 0 Å². The molecule has 228 valence electrons. The molecule has 0 aromatic carbocycles. The predicted octanol–water partition coefficient (Wildman–Crippen LogP) is 10.4. The molecule has 2 heteroatoms. The van der Waals surface area contributed by atoms with Gasteiger partial charge in [0.15, 0.2) is 0 Å². The normalized spacial score (nSPS) is 28.3. The zero-order valence-electron chi connectivity index (χ0n) is 29.2. The molecule has 0 aromatic rings. The SMILES string of the molecule is CC(C)C1CCCC(C(C)(C)C)C1.CC(C)N1CCC(C(C)(C)C)C1.CC(C)N1CCCC(C(C)(C)C)C1. The maximum atomic E-state index is 2.62. The number of hydrogen-bond donors (Lipinski definition) is 0. The molecule has 0 radical (unpaired) electrons. The average molecular weight is 535 g/mol. The molecule has 4 unspecified atom stereocenters. The van der Waals surface area contributed by atoms with Gasteiger partial charge in [-0.15, -0.1) is 0 Å². The van der Waals surface area contributed by atoms with E-state index in [0.29, 0.717) is 16.2 Å². The Balaban J connectivity index is 0.000000285. The number of hydrogen-bond acceptors (Lipinski definition) is 2. The largest absolute Gasteiger partial charge is 0.301 e. The summed E-state index contributed by atoms with van der Waals surface area (Å²) in [6, 6.07) is 1.46. The van der Waals surface area contributed by atoms with Crippen LogP contribution in [0.4, 0.5) is 0 Å². The molecule has 4 atom stereocenters. The first-order valence-corrected chi connectivity index (χ1v) is 16.7. The van der Waals surface area contributed by atoms with Gasteiger partial charge in [0, 0.05) is 25.2 Å². The average Bonchev–Trinajstić information content (AvgIpc) is 3.31. The first kappa shape index (κ1) is 35.9. The summed E-state index contributed by atoms with van der Waals surface area (Å²) in [5, 5.41) is 0. The third-order valence-corrected chi connectivity index (χ3v) is 10.5. The minimum atomic E-state index is 0.494. The molecule has 3 fully saturated rings. The van der Waals surface area contributed by atoms with Crippen molar-refractivity contribution in [2.24, 2.45) is 45.8 Å². The summed E-state index contributed by atoms with van der Waals surface area (Å²) in [4.78, 5) is 5.22. The van der Waals surface area contributed by atoms with Gasteiger partial charge in [-0.2, -0.15) is 0 Å². The number of piperidine rings is 1. The van der Waals surface area contributed by atoms with Crippen molar-refractivity contribution < 1.29 is 0 Å². The Bertz CT molecular complexity index is 589. The van der Waals surface area contributed by atoms with Gasteiger partial charge >= 0.3 is 0 Å². The molecule has 2 heterocycles.